The molecule has 2 aromatic rings. The number of amides is 1. The van der Waals surface area contributed by atoms with Crippen molar-refractivity contribution >= 4 is 37.8 Å². The number of fused-ring (bicyclic) bond motifs is 2. The smallest absolute Gasteiger partial charge is 0.257 e. The number of rotatable bonds is 1. The summed E-state index contributed by atoms with van der Waals surface area (Å²) in [6.45, 7) is 0. The second kappa shape index (κ2) is 4.78. The molecule has 0 saturated heterocycles. The number of halogens is 1. The van der Waals surface area contributed by atoms with Gasteiger partial charge in [0.1, 0.15) is 0 Å². The number of hydrogen-bond donors (Lipinski definition) is 1. The van der Waals surface area contributed by atoms with Crippen molar-refractivity contribution in [3.63, 3.8) is 0 Å². The molecular formula is C18H10BrNO2. The van der Waals surface area contributed by atoms with Gasteiger partial charge < -0.3 is 5.32 Å². The van der Waals surface area contributed by atoms with E-state index >= 15 is 0 Å². The number of Topliss-reactive ketones (excluding diaryl/α,β-unsaturated/α-hetero) is 1. The summed E-state index contributed by atoms with van der Waals surface area (Å²) >= 11 is 3.49. The predicted molar refractivity (Wildman–Crippen MR) is 88.1 cm³/mol. The third-order valence-corrected chi connectivity index (χ3v) is 4.71. The Labute approximate surface area is 135 Å². The molecule has 22 heavy (non-hydrogen) atoms. The summed E-state index contributed by atoms with van der Waals surface area (Å²) < 4.78 is 0.668. The van der Waals surface area contributed by atoms with Crippen molar-refractivity contribution in [2.24, 2.45) is 0 Å². The number of hydrogen-bond acceptors (Lipinski definition) is 2. The van der Waals surface area contributed by atoms with Crippen molar-refractivity contribution in [1.29, 1.82) is 0 Å². The van der Waals surface area contributed by atoms with Crippen molar-refractivity contribution in [3.8, 4) is 0 Å². The van der Waals surface area contributed by atoms with Crippen LogP contribution in [0, 0.1) is 0 Å². The first-order valence-corrected chi connectivity index (χ1v) is 7.63. The Kier molecular flexibility index (Phi) is 2.87. The van der Waals surface area contributed by atoms with Gasteiger partial charge >= 0.3 is 0 Å². The lowest BCUT2D eigenvalue weighted by Crippen LogP contribution is -2.18. The van der Waals surface area contributed by atoms with Crippen LogP contribution in [0.1, 0.15) is 21.5 Å². The lowest BCUT2D eigenvalue weighted by molar-refractivity contribution is -0.115. The lowest BCUT2D eigenvalue weighted by Gasteiger charge is -2.17. The SMILES string of the molecule is O=C1NC(c2ccccc2)=C2C(=O)c3ccccc3C(Br)=C12. The molecule has 1 heterocycles. The van der Waals surface area contributed by atoms with Crippen molar-refractivity contribution in [1.82, 2.24) is 5.32 Å². The van der Waals surface area contributed by atoms with E-state index in [1.807, 2.05) is 48.5 Å². The van der Waals surface area contributed by atoms with Crippen molar-refractivity contribution in [2.75, 3.05) is 0 Å². The summed E-state index contributed by atoms with van der Waals surface area (Å²) in [7, 11) is 0. The summed E-state index contributed by atoms with van der Waals surface area (Å²) in [6.07, 6.45) is 0. The van der Waals surface area contributed by atoms with Gasteiger partial charge in [-0.2, -0.15) is 0 Å². The first-order valence-electron chi connectivity index (χ1n) is 6.84. The average Bonchev–Trinajstić information content (AvgIpc) is 2.91. The quantitative estimate of drug-likeness (QED) is 0.854. The fourth-order valence-electron chi connectivity index (χ4n) is 2.88. The zero-order chi connectivity index (χ0) is 15.3. The van der Waals surface area contributed by atoms with E-state index in [0.29, 0.717) is 26.9 Å². The van der Waals surface area contributed by atoms with Crippen LogP contribution in [0.3, 0.4) is 0 Å². The van der Waals surface area contributed by atoms with Gasteiger partial charge in [0.25, 0.3) is 5.91 Å². The Morgan fingerprint density at radius 3 is 2.14 bits per heavy atom. The second-order valence-corrected chi connectivity index (χ2v) is 5.93. The summed E-state index contributed by atoms with van der Waals surface area (Å²) in [6, 6.07) is 16.7. The minimum absolute atomic E-state index is 0.119. The number of carbonyl (C=O) groups is 2. The van der Waals surface area contributed by atoms with Gasteiger partial charge in [-0.25, -0.2) is 0 Å². The molecule has 3 nitrogen and oxygen atoms in total. The number of ketones is 1. The van der Waals surface area contributed by atoms with E-state index in [-0.39, 0.29) is 11.7 Å². The van der Waals surface area contributed by atoms with E-state index in [4.69, 9.17) is 0 Å². The van der Waals surface area contributed by atoms with Crippen molar-refractivity contribution in [2.45, 2.75) is 0 Å². The van der Waals surface area contributed by atoms with Gasteiger partial charge in [-0.1, -0.05) is 54.6 Å². The lowest BCUT2D eigenvalue weighted by atomic mass is 9.86. The monoisotopic (exact) mass is 351 g/mol. The molecule has 1 N–H and O–H groups in total. The van der Waals surface area contributed by atoms with Gasteiger partial charge in [-0.15, -0.1) is 0 Å². The molecule has 1 aliphatic heterocycles. The fourth-order valence-corrected chi connectivity index (χ4v) is 3.60. The van der Waals surface area contributed by atoms with Crippen LogP contribution in [0.5, 0.6) is 0 Å². The van der Waals surface area contributed by atoms with Crippen LogP contribution in [0.4, 0.5) is 0 Å². The molecule has 0 saturated carbocycles. The van der Waals surface area contributed by atoms with Crippen LogP contribution in [0.25, 0.3) is 10.2 Å². The van der Waals surface area contributed by atoms with Gasteiger partial charge in [-0.05, 0) is 21.5 Å². The Hall–Kier alpha value is -2.46. The minimum Gasteiger partial charge on any atom is -0.321 e. The highest BCUT2D eigenvalue weighted by Gasteiger charge is 2.39. The van der Waals surface area contributed by atoms with Crippen LogP contribution in [-0.2, 0) is 4.79 Å². The van der Waals surface area contributed by atoms with Crippen LogP contribution < -0.4 is 5.32 Å². The number of nitrogens with one attached hydrogen (secondary N) is 1. The summed E-state index contributed by atoms with van der Waals surface area (Å²) in [5.74, 6) is -0.366. The minimum atomic E-state index is -0.247. The standard InChI is InChI=1S/C18H10BrNO2/c19-15-11-8-4-5-9-12(11)17(21)14-13(15)18(22)20-16(14)10-6-2-1-3-7-10/h1-9H,(H,20,22). The normalized spacial score (nSPS) is 16.6. The Morgan fingerprint density at radius 2 is 1.41 bits per heavy atom. The second-order valence-electron chi connectivity index (χ2n) is 5.13. The fraction of sp³-hybridized carbons (Fsp3) is 0. The molecule has 1 amide bonds. The molecule has 0 aromatic heterocycles. The van der Waals surface area contributed by atoms with Crippen LogP contribution in [-0.4, -0.2) is 11.7 Å². The van der Waals surface area contributed by atoms with E-state index < -0.39 is 0 Å². The van der Waals surface area contributed by atoms with Crippen LogP contribution >= 0.6 is 15.9 Å². The molecule has 0 spiro atoms. The Bertz CT molecular complexity index is 894. The third kappa shape index (κ3) is 1.74. The number of benzene rings is 2. The number of carbonyl (C=O) groups excluding carboxylic acids is 2. The van der Waals surface area contributed by atoms with Crippen molar-refractivity contribution < 1.29 is 9.59 Å². The predicted octanol–water partition coefficient (Wildman–Crippen LogP) is 3.53. The first-order chi connectivity index (χ1) is 10.7. The molecule has 106 valence electrons. The summed E-state index contributed by atoms with van der Waals surface area (Å²) in [5.41, 5.74) is 3.64. The summed E-state index contributed by atoms with van der Waals surface area (Å²) in [5, 5.41) is 2.84. The topological polar surface area (TPSA) is 46.2 Å². The van der Waals surface area contributed by atoms with Crippen molar-refractivity contribution in [3.05, 3.63) is 82.4 Å². The van der Waals surface area contributed by atoms with E-state index in [1.54, 1.807) is 6.07 Å². The molecule has 0 bridgehead atoms. The third-order valence-electron chi connectivity index (χ3n) is 3.88. The maximum absolute atomic E-state index is 12.9. The van der Waals surface area contributed by atoms with Gasteiger partial charge in [0.05, 0.1) is 16.8 Å². The first kappa shape index (κ1) is 13.2. The van der Waals surface area contributed by atoms with E-state index in [2.05, 4.69) is 21.2 Å². The maximum Gasteiger partial charge on any atom is 0.257 e. The highest BCUT2D eigenvalue weighted by molar-refractivity contribution is 9.15. The van der Waals surface area contributed by atoms with E-state index in [0.717, 1.165) is 11.1 Å². The molecule has 4 rings (SSSR count). The van der Waals surface area contributed by atoms with Gasteiger partial charge in [0.15, 0.2) is 5.78 Å². The summed E-state index contributed by atoms with van der Waals surface area (Å²) in [4.78, 5) is 25.2. The highest BCUT2D eigenvalue weighted by atomic mass is 79.9. The average molecular weight is 352 g/mol. The Balaban J connectivity index is 2.04. The molecule has 2 aliphatic rings. The maximum atomic E-state index is 12.9. The Morgan fingerprint density at radius 1 is 0.773 bits per heavy atom. The molecule has 0 radical (unpaired) electrons. The zero-order valence-corrected chi connectivity index (χ0v) is 13.0. The highest BCUT2D eigenvalue weighted by Crippen LogP contribution is 2.43. The van der Waals surface area contributed by atoms with Crippen LogP contribution in [0.15, 0.2) is 65.7 Å². The molecule has 0 fully saturated rings. The molecule has 1 aliphatic carbocycles. The largest absolute Gasteiger partial charge is 0.321 e. The van der Waals surface area contributed by atoms with Crippen LogP contribution in [0.2, 0.25) is 0 Å². The molecule has 4 heteroatoms. The molecule has 2 aromatic carbocycles. The molecule has 0 atom stereocenters. The van der Waals surface area contributed by atoms with Gasteiger partial charge in [-0.3, -0.25) is 9.59 Å². The molecule has 0 unspecified atom stereocenters. The zero-order valence-electron chi connectivity index (χ0n) is 11.4. The van der Waals surface area contributed by atoms with E-state index in [1.165, 1.54) is 0 Å². The van der Waals surface area contributed by atoms with Gasteiger partial charge in [0, 0.05) is 15.6 Å². The van der Waals surface area contributed by atoms with Gasteiger partial charge in [0.2, 0.25) is 0 Å². The molecular weight excluding hydrogens is 342 g/mol. The van der Waals surface area contributed by atoms with E-state index in [9.17, 15) is 9.59 Å².